The molecule has 0 aliphatic rings. The molecule has 10 heteroatoms. The molecule has 0 aromatic heterocycles. The van der Waals surface area contributed by atoms with Gasteiger partial charge in [0.25, 0.3) is 5.69 Å². The number of nitro benzene ring substituents is 1. The van der Waals surface area contributed by atoms with Gasteiger partial charge in [-0.3, -0.25) is 10.1 Å². The van der Waals surface area contributed by atoms with E-state index in [0.29, 0.717) is 0 Å². The summed E-state index contributed by atoms with van der Waals surface area (Å²) in [5.41, 5.74) is -1.64. The Hall–Kier alpha value is -3.04. The number of halogens is 5. The SMILES string of the molecule is Cc1cc(C(=O)OCc2c(F)c(F)c(F)c(F)c2F)ccc1[N+](=O)[O-]. The smallest absolute Gasteiger partial charge is 0.338 e. The fourth-order valence-corrected chi connectivity index (χ4v) is 1.99. The Bertz CT molecular complexity index is 856. The van der Waals surface area contributed by atoms with Gasteiger partial charge in [-0.15, -0.1) is 0 Å². The number of aryl methyl sites for hydroxylation is 1. The van der Waals surface area contributed by atoms with Crippen LogP contribution in [0.15, 0.2) is 18.2 Å². The zero-order valence-electron chi connectivity index (χ0n) is 12.4. The monoisotopic (exact) mass is 361 g/mol. The molecule has 0 bridgehead atoms. The van der Waals surface area contributed by atoms with Crippen LogP contribution < -0.4 is 0 Å². The molecule has 0 atom stereocenters. The van der Waals surface area contributed by atoms with Gasteiger partial charge < -0.3 is 4.74 Å². The van der Waals surface area contributed by atoms with Crippen LogP contribution in [0.4, 0.5) is 27.6 Å². The maximum Gasteiger partial charge on any atom is 0.338 e. The van der Waals surface area contributed by atoms with Crippen molar-refractivity contribution in [3.63, 3.8) is 0 Å². The van der Waals surface area contributed by atoms with Crippen molar-refractivity contribution in [1.82, 2.24) is 0 Å². The predicted octanol–water partition coefficient (Wildman–Crippen LogP) is 3.96. The van der Waals surface area contributed by atoms with Gasteiger partial charge in [0.1, 0.15) is 6.61 Å². The van der Waals surface area contributed by atoms with Crippen molar-refractivity contribution in [1.29, 1.82) is 0 Å². The van der Waals surface area contributed by atoms with Crippen LogP contribution in [0.3, 0.4) is 0 Å². The van der Waals surface area contributed by atoms with Gasteiger partial charge in [-0.2, -0.15) is 0 Å². The lowest BCUT2D eigenvalue weighted by Gasteiger charge is -2.09. The zero-order valence-corrected chi connectivity index (χ0v) is 12.4. The highest BCUT2D eigenvalue weighted by Gasteiger charge is 2.26. The quantitative estimate of drug-likeness (QED) is 0.206. The Morgan fingerprint density at radius 3 is 2.04 bits per heavy atom. The van der Waals surface area contributed by atoms with E-state index in [1.807, 2.05) is 0 Å². The van der Waals surface area contributed by atoms with E-state index in [1.165, 1.54) is 6.92 Å². The third-order valence-corrected chi connectivity index (χ3v) is 3.28. The Kier molecular flexibility index (Phi) is 5.00. The van der Waals surface area contributed by atoms with Crippen molar-refractivity contribution in [2.24, 2.45) is 0 Å². The number of nitrogens with zero attached hydrogens (tertiary/aromatic N) is 1. The van der Waals surface area contributed by atoms with Crippen molar-refractivity contribution in [3.05, 3.63) is 74.1 Å². The summed E-state index contributed by atoms with van der Waals surface area (Å²) in [6.45, 7) is 0.139. The van der Waals surface area contributed by atoms with Crippen LogP contribution in [0.5, 0.6) is 0 Å². The summed E-state index contributed by atoms with van der Waals surface area (Å²) >= 11 is 0. The molecule has 25 heavy (non-hydrogen) atoms. The number of carbonyl (C=O) groups excluding carboxylic acids is 1. The van der Waals surface area contributed by atoms with Gasteiger partial charge in [0, 0.05) is 11.6 Å². The zero-order chi connectivity index (χ0) is 18.9. The Balaban J connectivity index is 2.24. The molecule has 0 heterocycles. The number of benzene rings is 2. The number of hydrogen-bond donors (Lipinski definition) is 0. The van der Waals surface area contributed by atoms with Gasteiger partial charge >= 0.3 is 5.97 Å². The van der Waals surface area contributed by atoms with Crippen LogP contribution in [0.1, 0.15) is 21.5 Å². The molecule has 0 saturated heterocycles. The molecule has 0 spiro atoms. The Morgan fingerprint density at radius 2 is 1.56 bits per heavy atom. The standard InChI is InChI=1S/C15H8F5NO4/c1-6-4-7(2-3-9(6)21(23)24)15(22)25-5-8-10(16)12(18)14(20)13(19)11(8)17/h2-4H,5H2,1H3. The first-order valence-electron chi connectivity index (χ1n) is 6.57. The van der Waals surface area contributed by atoms with E-state index >= 15 is 0 Å². The summed E-state index contributed by atoms with van der Waals surface area (Å²) in [6.07, 6.45) is 0. The predicted molar refractivity (Wildman–Crippen MR) is 73.2 cm³/mol. The third-order valence-electron chi connectivity index (χ3n) is 3.28. The molecule has 0 amide bonds. The molecule has 132 valence electrons. The highest BCUT2D eigenvalue weighted by atomic mass is 19.2. The van der Waals surface area contributed by atoms with Crippen LogP contribution in [0.2, 0.25) is 0 Å². The Morgan fingerprint density at radius 1 is 1.04 bits per heavy atom. The minimum atomic E-state index is -2.32. The van der Waals surface area contributed by atoms with Crippen molar-refractivity contribution in [3.8, 4) is 0 Å². The van der Waals surface area contributed by atoms with Gasteiger partial charge in [0.2, 0.25) is 5.82 Å². The lowest BCUT2D eigenvalue weighted by Crippen LogP contribution is -2.12. The van der Waals surface area contributed by atoms with E-state index in [9.17, 15) is 36.9 Å². The number of rotatable bonds is 4. The van der Waals surface area contributed by atoms with Gasteiger partial charge in [0.05, 0.1) is 16.1 Å². The van der Waals surface area contributed by atoms with E-state index in [0.717, 1.165) is 18.2 Å². The molecule has 5 nitrogen and oxygen atoms in total. The van der Waals surface area contributed by atoms with E-state index in [-0.39, 0.29) is 16.8 Å². The maximum absolute atomic E-state index is 13.5. The van der Waals surface area contributed by atoms with Crippen LogP contribution in [0.25, 0.3) is 0 Å². The summed E-state index contributed by atoms with van der Waals surface area (Å²) < 4.78 is 70.5. The van der Waals surface area contributed by atoms with Crippen molar-refractivity contribution >= 4 is 11.7 Å². The lowest BCUT2D eigenvalue weighted by atomic mass is 10.1. The minimum Gasteiger partial charge on any atom is -0.457 e. The molecule has 0 aliphatic carbocycles. The number of hydrogen-bond acceptors (Lipinski definition) is 4. The summed E-state index contributed by atoms with van der Waals surface area (Å²) in [5.74, 6) is -12.0. The molecule has 0 radical (unpaired) electrons. The number of esters is 1. The molecule has 0 unspecified atom stereocenters. The van der Waals surface area contributed by atoms with Crippen LogP contribution in [-0.2, 0) is 11.3 Å². The van der Waals surface area contributed by atoms with Crippen molar-refractivity contribution in [2.75, 3.05) is 0 Å². The first-order valence-corrected chi connectivity index (χ1v) is 6.57. The van der Waals surface area contributed by atoms with E-state index < -0.39 is 52.1 Å². The van der Waals surface area contributed by atoms with Crippen LogP contribution in [-0.4, -0.2) is 10.9 Å². The molecule has 0 fully saturated rings. The number of nitro groups is 1. The highest BCUT2D eigenvalue weighted by molar-refractivity contribution is 5.90. The number of carbonyl (C=O) groups is 1. The van der Waals surface area contributed by atoms with Crippen molar-refractivity contribution in [2.45, 2.75) is 13.5 Å². The second-order valence-electron chi connectivity index (χ2n) is 4.88. The van der Waals surface area contributed by atoms with E-state index in [4.69, 9.17) is 0 Å². The second kappa shape index (κ2) is 6.83. The van der Waals surface area contributed by atoms with Gasteiger partial charge in [-0.25, -0.2) is 26.7 Å². The molecular formula is C15H8F5NO4. The molecule has 0 saturated carbocycles. The van der Waals surface area contributed by atoms with Crippen molar-refractivity contribution < 1.29 is 36.4 Å². The molecule has 0 N–H and O–H groups in total. The van der Waals surface area contributed by atoms with Gasteiger partial charge in [0.15, 0.2) is 23.3 Å². The van der Waals surface area contributed by atoms with Crippen LogP contribution in [0, 0.1) is 46.1 Å². The first-order chi connectivity index (χ1) is 11.6. The average molecular weight is 361 g/mol. The lowest BCUT2D eigenvalue weighted by molar-refractivity contribution is -0.385. The number of ether oxygens (including phenoxy) is 1. The Labute approximate surface area is 136 Å². The largest absolute Gasteiger partial charge is 0.457 e. The topological polar surface area (TPSA) is 69.4 Å². The van der Waals surface area contributed by atoms with Crippen LogP contribution >= 0.6 is 0 Å². The second-order valence-corrected chi connectivity index (χ2v) is 4.88. The highest BCUT2D eigenvalue weighted by Crippen LogP contribution is 2.24. The summed E-state index contributed by atoms with van der Waals surface area (Å²) in [4.78, 5) is 21.8. The van der Waals surface area contributed by atoms with Gasteiger partial charge in [-0.1, -0.05) is 0 Å². The maximum atomic E-state index is 13.5. The molecule has 0 aliphatic heterocycles. The molecular weight excluding hydrogens is 353 g/mol. The summed E-state index contributed by atoms with van der Waals surface area (Å²) in [5, 5.41) is 10.7. The van der Waals surface area contributed by atoms with E-state index in [1.54, 1.807) is 0 Å². The van der Waals surface area contributed by atoms with E-state index in [2.05, 4.69) is 4.74 Å². The minimum absolute atomic E-state index is 0.121. The molecule has 2 aromatic carbocycles. The fourth-order valence-electron chi connectivity index (χ4n) is 1.99. The molecule has 2 rings (SSSR count). The fraction of sp³-hybridized carbons (Fsp3) is 0.133. The summed E-state index contributed by atoms with van der Waals surface area (Å²) in [7, 11) is 0. The summed E-state index contributed by atoms with van der Waals surface area (Å²) in [6, 6.07) is 3.15. The molecule has 2 aromatic rings. The average Bonchev–Trinajstić information content (AvgIpc) is 2.57. The third kappa shape index (κ3) is 3.42. The van der Waals surface area contributed by atoms with Gasteiger partial charge in [-0.05, 0) is 19.1 Å². The first kappa shape index (κ1) is 18.3. The normalized spacial score (nSPS) is 10.6.